The minimum Gasteiger partial charge on any atom is -0.497 e. The van der Waals surface area contributed by atoms with Crippen molar-refractivity contribution < 1.29 is 19.0 Å². The average molecular weight is 609 g/mol. The second-order valence-corrected chi connectivity index (χ2v) is 11.5. The van der Waals surface area contributed by atoms with E-state index < -0.39 is 5.25 Å². The molecule has 2 aromatic heterocycles. The maximum atomic E-state index is 13.3. The monoisotopic (exact) mass is 608 g/mol. The molecule has 0 saturated heterocycles. The van der Waals surface area contributed by atoms with Crippen LogP contribution in [0.5, 0.6) is 17.2 Å². The van der Waals surface area contributed by atoms with Gasteiger partial charge in [-0.05, 0) is 55.5 Å². The number of ether oxygens (including phenoxy) is 3. The average Bonchev–Trinajstić information content (AvgIpc) is 3.52. The Morgan fingerprint density at radius 1 is 0.860 bits per heavy atom. The molecule has 216 valence electrons. The Balaban J connectivity index is 1.46. The molecule has 0 radical (unpaired) electrons. The highest BCUT2D eigenvalue weighted by Gasteiger charge is 2.24. The summed E-state index contributed by atoms with van der Waals surface area (Å²) in [7, 11) is 4.79. The number of nitrogens with zero attached hydrogens (tertiary/aromatic N) is 3. The fourth-order valence-corrected chi connectivity index (χ4v) is 6.01. The van der Waals surface area contributed by atoms with Crippen LogP contribution in [-0.4, -0.2) is 42.5 Å². The largest absolute Gasteiger partial charge is 0.497 e. The van der Waals surface area contributed by atoms with Gasteiger partial charge in [-0.2, -0.15) is 5.26 Å². The first-order valence-corrected chi connectivity index (χ1v) is 15.0. The van der Waals surface area contributed by atoms with E-state index in [1.165, 1.54) is 23.1 Å². The van der Waals surface area contributed by atoms with Gasteiger partial charge in [0.05, 0.1) is 43.5 Å². The van der Waals surface area contributed by atoms with Crippen molar-refractivity contribution >= 4 is 34.1 Å². The Morgan fingerprint density at radius 2 is 1.56 bits per heavy atom. The van der Waals surface area contributed by atoms with Crippen molar-refractivity contribution in [3.05, 3.63) is 89.8 Å². The highest BCUT2D eigenvalue weighted by molar-refractivity contribution is 8.00. The van der Waals surface area contributed by atoms with E-state index in [1.807, 2.05) is 72.1 Å². The molecule has 5 rings (SSSR count). The molecule has 0 spiro atoms. The predicted octanol–water partition coefficient (Wildman–Crippen LogP) is 7.56. The standard InChI is InChI=1S/C33H28N4O4S2/c1-20(31(38)37-33-36-29(19-42-33)22-10-12-23(39-2)13-11-22)43-32-27(18-34)25(17-28(35-32)21-8-6-5-7-9-21)26-16-24(40-3)14-15-30(26)41-4/h5-17,19-20H,1-4H3,(H,36,37,38). The Hall–Kier alpha value is -4.85. The van der Waals surface area contributed by atoms with E-state index in [0.717, 1.165) is 22.6 Å². The Labute approximate surface area is 258 Å². The van der Waals surface area contributed by atoms with Gasteiger partial charge in [0.2, 0.25) is 5.91 Å². The zero-order valence-corrected chi connectivity index (χ0v) is 25.6. The number of benzene rings is 3. The summed E-state index contributed by atoms with van der Waals surface area (Å²) in [5, 5.41) is 15.5. The lowest BCUT2D eigenvalue weighted by Gasteiger charge is -2.17. The van der Waals surface area contributed by atoms with Crippen LogP contribution < -0.4 is 19.5 Å². The smallest absolute Gasteiger partial charge is 0.239 e. The van der Waals surface area contributed by atoms with E-state index in [1.54, 1.807) is 40.4 Å². The number of hydrogen-bond donors (Lipinski definition) is 1. The summed E-state index contributed by atoms with van der Waals surface area (Å²) >= 11 is 2.56. The summed E-state index contributed by atoms with van der Waals surface area (Å²) in [5.74, 6) is 1.71. The topological polar surface area (TPSA) is 106 Å². The number of amides is 1. The number of thiazole rings is 1. The first-order valence-electron chi connectivity index (χ1n) is 13.2. The van der Waals surface area contributed by atoms with Gasteiger partial charge in [-0.15, -0.1) is 11.3 Å². The number of nitriles is 1. The zero-order valence-electron chi connectivity index (χ0n) is 24.0. The minimum atomic E-state index is -0.584. The molecule has 0 aliphatic rings. The van der Waals surface area contributed by atoms with Crippen LogP contribution >= 0.6 is 23.1 Å². The number of pyridine rings is 1. The molecule has 0 saturated carbocycles. The second-order valence-electron chi connectivity index (χ2n) is 9.29. The van der Waals surface area contributed by atoms with Crippen LogP contribution in [0, 0.1) is 11.3 Å². The lowest BCUT2D eigenvalue weighted by molar-refractivity contribution is -0.115. The van der Waals surface area contributed by atoms with E-state index in [4.69, 9.17) is 19.2 Å². The number of hydrogen-bond acceptors (Lipinski definition) is 9. The fraction of sp³-hybridized carbons (Fsp3) is 0.152. The first-order chi connectivity index (χ1) is 20.9. The molecule has 1 atom stereocenters. The molecule has 1 amide bonds. The maximum Gasteiger partial charge on any atom is 0.239 e. The molecular formula is C33H28N4O4S2. The van der Waals surface area contributed by atoms with Crippen molar-refractivity contribution in [1.82, 2.24) is 9.97 Å². The third kappa shape index (κ3) is 6.64. The molecule has 5 aromatic rings. The summed E-state index contributed by atoms with van der Waals surface area (Å²) in [6.07, 6.45) is 0. The molecule has 0 aliphatic carbocycles. The summed E-state index contributed by atoms with van der Waals surface area (Å²) < 4.78 is 16.3. The van der Waals surface area contributed by atoms with Crippen LogP contribution in [0.15, 0.2) is 89.3 Å². The fourth-order valence-electron chi connectivity index (χ4n) is 4.36. The molecule has 3 aromatic carbocycles. The summed E-state index contributed by atoms with van der Waals surface area (Å²) in [6.45, 7) is 1.78. The number of aromatic nitrogens is 2. The highest BCUT2D eigenvalue weighted by atomic mass is 32.2. The van der Waals surface area contributed by atoms with Crippen LogP contribution in [0.25, 0.3) is 33.6 Å². The van der Waals surface area contributed by atoms with Crippen molar-refractivity contribution in [2.75, 3.05) is 26.6 Å². The van der Waals surface area contributed by atoms with Crippen molar-refractivity contribution in [3.8, 4) is 57.0 Å². The van der Waals surface area contributed by atoms with E-state index in [2.05, 4.69) is 16.4 Å². The number of rotatable bonds is 10. The lowest BCUT2D eigenvalue weighted by Crippen LogP contribution is -2.22. The Bertz CT molecular complexity index is 1780. The van der Waals surface area contributed by atoms with E-state index in [9.17, 15) is 10.1 Å². The third-order valence-electron chi connectivity index (χ3n) is 6.64. The minimum absolute atomic E-state index is 0.253. The SMILES string of the molecule is COc1ccc(-c2csc(NC(=O)C(C)Sc3nc(-c4ccccc4)cc(-c4cc(OC)ccc4OC)c3C#N)n2)cc1. The van der Waals surface area contributed by atoms with Crippen molar-refractivity contribution in [2.45, 2.75) is 17.2 Å². The van der Waals surface area contributed by atoms with Crippen LogP contribution in [-0.2, 0) is 4.79 Å². The van der Waals surface area contributed by atoms with Gasteiger partial charge in [-0.3, -0.25) is 4.79 Å². The Kier molecular flexibility index (Phi) is 9.25. The maximum absolute atomic E-state index is 13.3. The molecular weight excluding hydrogens is 581 g/mol. The summed E-state index contributed by atoms with van der Waals surface area (Å²) in [5.41, 5.74) is 4.87. The molecule has 1 N–H and O–H groups in total. The van der Waals surface area contributed by atoms with E-state index in [-0.39, 0.29) is 5.91 Å². The van der Waals surface area contributed by atoms with Gasteiger partial charge in [0.15, 0.2) is 5.13 Å². The van der Waals surface area contributed by atoms with Crippen molar-refractivity contribution in [2.24, 2.45) is 0 Å². The van der Waals surface area contributed by atoms with Gasteiger partial charge < -0.3 is 19.5 Å². The first kappa shape index (κ1) is 29.6. The highest BCUT2D eigenvalue weighted by Crippen LogP contribution is 2.41. The number of carbonyl (C=O) groups is 1. The van der Waals surface area contributed by atoms with Gasteiger partial charge in [-0.25, -0.2) is 9.97 Å². The molecule has 0 bridgehead atoms. The van der Waals surface area contributed by atoms with E-state index >= 15 is 0 Å². The quantitative estimate of drug-likeness (QED) is 0.162. The van der Waals surface area contributed by atoms with E-state index in [0.29, 0.717) is 44.0 Å². The van der Waals surface area contributed by atoms with Crippen molar-refractivity contribution in [1.29, 1.82) is 5.26 Å². The normalized spacial score (nSPS) is 11.3. The molecule has 10 heteroatoms. The number of anilines is 1. The molecule has 0 fully saturated rings. The second kappa shape index (κ2) is 13.4. The number of methoxy groups -OCH3 is 3. The van der Waals surface area contributed by atoms with Gasteiger partial charge >= 0.3 is 0 Å². The van der Waals surface area contributed by atoms with Gasteiger partial charge in [0.1, 0.15) is 28.3 Å². The van der Waals surface area contributed by atoms with Crippen LogP contribution in [0.1, 0.15) is 12.5 Å². The van der Waals surface area contributed by atoms with Crippen LogP contribution in [0.4, 0.5) is 5.13 Å². The molecule has 0 aliphatic heterocycles. The van der Waals surface area contributed by atoms with Crippen LogP contribution in [0.2, 0.25) is 0 Å². The molecule has 2 heterocycles. The molecule has 8 nitrogen and oxygen atoms in total. The lowest BCUT2D eigenvalue weighted by atomic mass is 9.98. The summed E-state index contributed by atoms with van der Waals surface area (Å²) in [4.78, 5) is 22.7. The molecule has 1 unspecified atom stereocenters. The van der Waals surface area contributed by atoms with Gasteiger partial charge in [0.25, 0.3) is 0 Å². The van der Waals surface area contributed by atoms with Crippen LogP contribution in [0.3, 0.4) is 0 Å². The number of carbonyl (C=O) groups excluding carboxylic acids is 1. The predicted molar refractivity (Wildman–Crippen MR) is 171 cm³/mol. The van der Waals surface area contributed by atoms with Crippen molar-refractivity contribution in [3.63, 3.8) is 0 Å². The Morgan fingerprint density at radius 3 is 2.23 bits per heavy atom. The number of thioether (sulfide) groups is 1. The number of nitrogens with one attached hydrogen (secondary N) is 1. The zero-order chi connectivity index (χ0) is 30.3. The van der Waals surface area contributed by atoms with Gasteiger partial charge in [0, 0.05) is 27.6 Å². The summed E-state index contributed by atoms with van der Waals surface area (Å²) in [6, 6.07) is 26.9. The molecule has 43 heavy (non-hydrogen) atoms. The third-order valence-corrected chi connectivity index (χ3v) is 8.49. The van der Waals surface area contributed by atoms with Gasteiger partial charge in [-0.1, -0.05) is 42.1 Å².